The number of aromatic amines is 1. The van der Waals surface area contributed by atoms with Gasteiger partial charge in [-0.3, -0.25) is 5.10 Å². The van der Waals surface area contributed by atoms with Crippen molar-refractivity contribution < 1.29 is 0 Å². The van der Waals surface area contributed by atoms with Crippen molar-refractivity contribution in [3.05, 3.63) is 30.0 Å². The summed E-state index contributed by atoms with van der Waals surface area (Å²) in [5.41, 5.74) is 2.62. The largest absolute Gasteiger partial charge is 0.278 e. The van der Waals surface area contributed by atoms with Crippen LogP contribution >= 0.6 is 0 Å². The van der Waals surface area contributed by atoms with Crippen molar-refractivity contribution in [2.24, 2.45) is 5.92 Å². The smallest absolute Gasteiger partial charge is 0.0653 e. The summed E-state index contributed by atoms with van der Waals surface area (Å²) in [6, 6.07) is 6.41. The van der Waals surface area contributed by atoms with Crippen molar-refractivity contribution in [1.29, 1.82) is 0 Å². The first-order chi connectivity index (χ1) is 6.43. The fraction of sp³-hybridized carbons (Fsp3) is 0.364. The number of aromatic nitrogens is 2. The van der Waals surface area contributed by atoms with Gasteiger partial charge in [-0.05, 0) is 36.8 Å². The molecule has 1 aromatic carbocycles. The van der Waals surface area contributed by atoms with Gasteiger partial charge in [0.05, 0.1) is 11.7 Å². The molecule has 0 spiro atoms. The summed E-state index contributed by atoms with van der Waals surface area (Å²) < 4.78 is 0. The maximum Gasteiger partial charge on any atom is 0.0653 e. The molecular formula is C11H12N2. The summed E-state index contributed by atoms with van der Waals surface area (Å²) in [7, 11) is 0. The molecule has 0 aliphatic heterocycles. The maximum atomic E-state index is 4.06. The van der Waals surface area contributed by atoms with Gasteiger partial charge in [-0.25, -0.2) is 0 Å². The SMILES string of the molecule is c1cc(CC2CC2)c2cn[nH]c2c1. The molecular weight excluding hydrogens is 160 g/mol. The molecule has 1 aliphatic rings. The number of nitrogens with zero attached hydrogens (tertiary/aromatic N) is 1. The second-order valence-corrected chi connectivity index (χ2v) is 3.90. The average molecular weight is 172 g/mol. The summed E-state index contributed by atoms with van der Waals surface area (Å²) in [5, 5.41) is 8.37. The number of benzene rings is 1. The van der Waals surface area contributed by atoms with Crippen molar-refractivity contribution in [2.45, 2.75) is 19.3 Å². The van der Waals surface area contributed by atoms with E-state index in [0.717, 1.165) is 11.4 Å². The topological polar surface area (TPSA) is 28.7 Å². The van der Waals surface area contributed by atoms with Crippen molar-refractivity contribution in [3.63, 3.8) is 0 Å². The lowest BCUT2D eigenvalue weighted by Gasteiger charge is -1.99. The van der Waals surface area contributed by atoms with Gasteiger partial charge in [0.1, 0.15) is 0 Å². The first-order valence-corrected chi connectivity index (χ1v) is 4.84. The molecule has 2 heteroatoms. The minimum Gasteiger partial charge on any atom is -0.278 e. The van der Waals surface area contributed by atoms with Crippen molar-refractivity contribution in [1.82, 2.24) is 10.2 Å². The minimum absolute atomic E-state index is 0.945. The van der Waals surface area contributed by atoms with E-state index in [-0.39, 0.29) is 0 Å². The van der Waals surface area contributed by atoms with Crippen LogP contribution in [0.1, 0.15) is 18.4 Å². The van der Waals surface area contributed by atoms with Crippen LogP contribution < -0.4 is 0 Å². The highest BCUT2D eigenvalue weighted by atomic mass is 15.1. The Morgan fingerprint density at radius 1 is 1.38 bits per heavy atom. The van der Waals surface area contributed by atoms with Crippen molar-refractivity contribution in [3.8, 4) is 0 Å². The maximum absolute atomic E-state index is 4.06. The van der Waals surface area contributed by atoms with E-state index in [9.17, 15) is 0 Å². The summed E-state index contributed by atoms with van der Waals surface area (Å²) in [6.45, 7) is 0. The fourth-order valence-electron chi connectivity index (χ4n) is 1.84. The van der Waals surface area contributed by atoms with Crippen molar-refractivity contribution in [2.75, 3.05) is 0 Å². The Morgan fingerprint density at radius 3 is 3.15 bits per heavy atom. The van der Waals surface area contributed by atoms with Gasteiger partial charge in [-0.1, -0.05) is 12.1 Å². The molecule has 3 rings (SSSR count). The van der Waals surface area contributed by atoms with Gasteiger partial charge in [0.15, 0.2) is 0 Å². The highest BCUT2D eigenvalue weighted by Crippen LogP contribution is 2.34. The monoisotopic (exact) mass is 172 g/mol. The molecule has 0 unspecified atom stereocenters. The van der Waals surface area contributed by atoms with Crippen molar-refractivity contribution >= 4 is 10.9 Å². The molecule has 66 valence electrons. The van der Waals surface area contributed by atoms with E-state index in [1.807, 2.05) is 6.20 Å². The van der Waals surface area contributed by atoms with E-state index in [4.69, 9.17) is 0 Å². The van der Waals surface area contributed by atoms with Gasteiger partial charge in [-0.2, -0.15) is 5.10 Å². The summed E-state index contributed by atoms with van der Waals surface area (Å²) in [5.74, 6) is 0.945. The number of fused-ring (bicyclic) bond motifs is 1. The molecule has 2 aromatic rings. The molecule has 1 aliphatic carbocycles. The molecule has 13 heavy (non-hydrogen) atoms. The predicted molar refractivity (Wildman–Crippen MR) is 52.5 cm³/mol. The number of nitrogens with one attached hydrogen (secondary N) is 1. The molecule has 0 saturated heterocycles. The molecule has 0 atom stereocenters. The van der Waals surface area contributed by atoms with E-state index in [0.29, 0.717) is 0 Å². The first kappa shape index (κ1) is 7.13. The summed E-state index contributed by atoms with van der Waals surface area (Å²) in [4.78, 5) is 0. The van der Waals surface area contributed by atoms with E-state index < -0.39 is 0 Å². The second-order valence-electron chi connectivity index (χ2n) is 3.90. The zero-order chi connectivity index (χ0) is 8.67. The zero-order valence-electron chi connectivity index (χ0n) is 7.46. The van der Waals surface area contributed by atoms with Gasteiger partial charge in [-0.15, -0.1) is 0 Å². The number of hydrogen-bond acceptors (Lipinski definition) is 1. The molecule has 1 aromatic heterocycles. The zero-order valence-corrected chi connectivity index (χ0v) is 7.46. The minimum atomic E-state index is 0.945. The lowest BCUT2D eigenvalue weighted by molar-refractivity contribution is 0.838. The summed E-state index contributed by atoms with van der Waals surface area (Å²) >= 11 is 0. The van der Waals surface area contributed by atoms with Crippen LogP contribution in [0.2, 0.25) is 0 Å². The Balaban J connectivity index is 2.09. The van der Waals surface area contributed by atoms with E-state index in [1.165, 1.54) is 30.2 Å². The molecule has 1 N–H and O–H groups in total. The van der Waals surface area contributed by atoms with Crippen LogP contribution in [0.5, 0.6) is 0 Å². The third-order valence-corrected chi connectivity index (χ3v) is 2.78. The molecule has 0 amide bonds. The Morgan fingerprint density at radius 2 is 2.31 bits per heavy atom. The molecule has 1 saturated carbocycles. The van der Waals surface area contributed by atoms with Gasteiger partial charge < -0.3 is 0 Å². The van der Waals surface area contributed by atoms with Crippen LogP contribution in [-0.2, 0) is 6.42 Å². The van der Waals surface area contributed by atoms with Gasteiger partial charge in [0.2, 0.25) is 0 Å². The summed E-state index contributed by atoms with van der Waals surface area (Å²) in [6.07, 6.45) is 5.99. The Hall–Kier alpha value is -1.31. The molecule has 0 radical (unpaired) electrons. The molecule has 1 heterocycles. The third kappa shape index (κ3) is 1.22. The lowest BCUT2D eigenvalue weighted by atomic mass is 10.1. The molecule has 0 bridgehead atoms. The van der Waals surface area contributed by atoms with Gasteiger partial charge in [0, 0.05) is 5.39 Å². The Kier molecular flexibility index (Phi) is 1.42. The third-order valence-electron chi connectivity index (χ3n) is 2.78. The molecule has 1 fully saturated rings. The first-order valence-electron chi connectivity index (χ1n) is 4.84. The Bertz CT molecular complexity index is 426. The van der Waals surface area contributed by atoms with E-state index in [1.54, 1.807) is 0 Å². The van der Waals surface area contributed by atoms with Gasteiger partial charge >= 0.3 is 0 Å². The lowest BCUT2D eigenvalue weighted by Crippen LogP contribution is -1.86. The van der Waals surface area contributed by atoms with Crippen LogP contribution in [0.4, 0.5) is 0 Å². The van der Waals surface area contributed by atoms with Crippen LogP contribution in [0.25, 0.3) is 10.9 Å². The van der Waals surface area contributed by atoms with E-state index >= 15 is 0 Å². The average Bonchev–Trinajstić information content (AvgIpc) is 2.83. The highest BCUT2D eigenvalue weighted by Gasteiger charge is 2.22. The van der Waals surface area contributed by atoms with E-state index in [2.05, 4.69) is 28.4 Å². The van der Waals surface area contributed by atoms with Gasteiger partial charge in [0.25, 0.3) is 0 Å². The predicted octanol–water partition coefficient (Wildman–Crippen LogP) is 2.52. The highest BCUT2D eigenvalue weighted by molar-refractivity contribution is 5.81. The normalized spacial score (nSPS) is 16.6. The number of H-pyrrole nitrogens is 1. The van der Waals surface area contributed by atoms with Crippen LogP contribution in [0.3, 0.4) is 0 Å². The van der Waals surface area contributed by atoms with Crippen LogP contribution in [0, 0.1) is 5.92 Å². The standard InChI is InChI=1S/C11H12N2/c1-2-9(6-8-4-5-8)10-7-12-13-11(10)3-1/h1-3,7-8H,4-6H2,(H,12,13). The fourth-order valence-corrected chi connectivity index (χ4v) is 1.84. The number of hydrogen-bond donors (Lipinski definition) is 1. The Labute approximate surface area is 77.0 Å². The quantitative estimate of drug-likeness (QED) is 0.740. The number of rotatable bonds is 2. The second kappa shape index (κ2) is 2.59. The molecule has 2 nitrogen and oxygen atoms in total. The van der Waals surface area contributed by atoms with Crippen LogP contribution in [0.15, 0.2) is 24.4 Å². The van der Waals surface area contributed by atoms with Crippen LogP contribution in [-0.4, -0.2) is 10.2 Å².